The van der Waals surface area contributed by atoms with Gasteiger partial charge in [-0.2, -0.15) is 0 Å². The van der Waals surface area contributed by atoms with Gasteiger partial charge in [-0.3, -0.25) is 19.2 Å². The van der Waals surface area contributed by atoms with Crippen LogP contribution in [0, 0.1) is 29.1 Å². The summed E-state index contributed by atoms with van der Waals surface area (Å²) in [5.41, 5.74) is 6.84. The zero-order valence-corrected chi connectivity index (χ0v) is 22.5. The van der Waals surface area contributed by atoms with Crippen molar-refractivity contribution in [3.63, 3.8) is 0 Å². The van der Waals surface area contributed by atoms with Gasteiger partial charge in [0, 0.05) is 19.0 Å². The second-order valence-corrected chi connectivity index (χ2v) is 12.6. The smallest absolute Gasteiger partial charge is 0.243 e. The Morgan fingerprint density at radius 1 is 1.27 bits per heavy atom. The molecule has 6 atom stereocenters. The minimum atomic E-state index is -0.918. The molecule has 1 aromatic heterocycles. The Balaban J connectivity index is 1.42. The van der Waals surface area contributed by atoms with Crippen LogP contribution in [-0.4, -0.2) is 64.6 Å². The van der Waals surface area contributed by atoms with Gasteiger partial charge in [-0.1, -0.05) is 39.8 Å². The average molecular weight is 526 g/mol. The molecule has 9 nitrogen and oxygen atoms in total. The molecule has 2 saturated heterocycles. The highest BCUT2D eigenvalue weighted by atomic mass is 32.1. The molecule has 198 valence electrons. The number of para-hydroxylation sites is 1. The van der Waals surface area contributed by atoms with Gasteiger partial charge in [0.2, 0.25) is 23.5 Å². The number of fused-ring (bicyclic) bond motifs is 2. The molecule has 0 bridgehead atoms. The van der Waals surface area contributed by atoms with Crippen molar-refractivity contribution < 1.29 is 19.2 Å². The normalized spacial score (nSPS) is 27.6. The third kappa shape index (κ3) is 4.54. The molecule has 5 rings (SSSR count). The van der Waals surface area contributed by atoms with Crippen LogP contribution in [0.25, 0.3) is 10.2 Å². The predicted octanol–water partition coefficient (Wildman–Crippen LogP) is 1.96. The van der Waals surface area contributed by atoms with Gasteiger partial charge in [0.15, 0.2) is 5.01 Å². The lowest BCUT2D eigenvalue weighted by Crippen LogP contribution is -2.57. The standard InChI is InChI=1S/C27H35N5O4S/c1-13(2)20(28)26(36)32-12-15-19(27(15,3)4)21(32)24(35)30-17(11-14-9-10-29-23(14)34)22(33)25-31-16-7-5-6-8-18(16)37-25/h5-8,13-15,17,19-21H,9-12,28H2,1-4H3,(H,29,34)(H,30,35)/t14-,15?,17-,19?,20-,21?/m0/s1. The van der Waals surface area contributed by atoms with Crippen LogP contribution in [-0.2, 0) is 14.4 Å². The Hall–Kier alpha value is -2.85. The highest BCUT2D eigenvalue weighted by molar-refractivity contribution is 7.20. The number of hydrogen-bond donors (Lipinski definition) is 3. The first kappa shape index (κ1) is 25.8. The third-order valence-corrected chi connectivity index (χ3v) is 9.64. The maximum atomic E-state index is 13.8. The quantitative estimate of drug-likeness (QED) is 0.451. The first-order chi connectivity index (χ1) is 17.5. The SMILES string of the molecule is CC(C)[C@H](N)C(=O)N1CC2C(C1C(=O)N[C@@H](C[C@@H]1CCNC1=O)C(=O)c1nc3ccccc3s1)C2(C)C. The van der Waals surface area contributed by atoms with E-state index in [4.69, 9.17) is 5.73 Å². The fraction of sp³-hybridized carbons (Fsp3) is 0.593. The molecule has 3 heterocycles. The maximum Gasteiger partial charge on any atom is 0.243 e. The molecule has 2 aromatic rings. The summed E-state index contributed by atoms with van der Waals surface area (Å²) in [5.74, 6) is -1.23. The molecule has 2 aliphatic heterocycles. The van der Waals surface area contributed by atoms with Crippen LogP contribution in [0.4, 0.5) is 0 Å². The van der Waals surface area contributed by atoms with E-state index in [0.717, 1.165) is 10.2 Å². The van der Waals surface area contributed by atoms with Crippen LogP contribution < -0.4 is 16.4 Å². The Kier molecular flexibility index (Phi) is 6.60. The number of ketones is 1. The number of amides is 3. The van der Waals surface area contributed by atoms with Crippen molar-refractivity contribution in [3.05, 3.63) is 29.3 Å². The number of benzene rings is 1. The summed E-state index contributed by atoms with van der Waals surface area (Å²) >= 11 is 1.28. The summed E-state index contributed by atoms with van der Waals surface area (Å²) in [6.45, 7) is 9.03. The average Bonchev–Trinajstić information content (AvgIpc) is 3.38. The van der Waals surface area contributed by atoms with Crippen molar-refractivity contribution >= 4 is 45.1 Å². The van der Waals surface area contributed by atoms with Crippen molar-refractivity contribution in [3.8, 4) is 0 Å². The molecule has 1 aliphatic carbocycles. The second-order valence-electron chi connectivity index (χ2n) is 11.6. The summed E-state index contributed by atoms with van der Waals surface area (Å²) in [7, 11) is 0. The Morgan fingerprint density at radius 2 is 2.00 bits per heavy atom. The van der Waals surface area contributed by atoms with Crippen LogP contribution in [0.1, 0.15) is 50.3 Å². The van der Waals surface area contributed by atoms with Crippen molar-refractivity contribution in [2.45, 2.75) is 58.7 Å². The molecular formula is C27H35N5O4S. The Morgan fingerprint density at radius 3 is 2.65 bits per heavy atom. The van der Waals surface area contributed by atoms with E-state index in [9.17, 15) is 19.2 Å². The molecule has 10 heteroatoms. The monoisotopic (exact) mass is 525 g/mol. The lowest BCUT2D eigenvalue weighted by Gasteiger charge is -2.33. The molecule has 3 fully saturated rings. The minimum Gasteiger partial charge on any atom is -0.356 e. The molecule has 1 aromatic carbocycles. The summed E-state index contributed by atoms with van der Waals surface area (Å²) in [5, 5.41) is 6.07. The number of likely N-dealkylation sites (tertiary alicyclic amines) is 1. The molecule has 3 unspecified atom stereocenters. The van der Waals surface area contributed by atoms with Crippen molar-refractivity contribution in [2.75, 3.05) is 13.1 Å². The Bertz CT molecular complexity index is 1220. The predicted molar refractivity (Wildman–Crippen MR) is 141 cm³/mol. The van der Waals surface area contributed by atoms with Gasteiger partial charge in [-0.15, -0.1) is 11.3 Å². The summed E-state index contributed by atoms with van der Waals surface area (Å²) < 4.78 is 0.882. The van der Waals surface area contributed by atoms with E-state index in [1.165, 1.54) is 11.3 Å². The fourth-order valence-electron chi connectivity index (χ4n) is 6.06. The number of Topliss-reactive ketones (excluding diaryl/α,β-unsaturated/α-hetero) is 1. The summed E-state index contributed by atoms with van der Waals surface area (Å²) in [6.07, 6.45) is 0.795. The highest BCUT2D eigenvalue weighted by Gasteiger charge is 2.69. The van der Waals surface area contributed by atoms with E-state index >= 15 is 0 Å². The minimum absolute atomic E-state index is 0.00351. The molecular weight excluding hydrogens is 490 g/mol. The van der Waals surface area contributed by atoms with Gasteiger partial charge in [-0.05, 0) is 48.1 Å². The summed E-state index contributed by atoms with van der Waals surface area (Å²) in [6, 6.07) is 5.18. The van der Waals surface area contributed by atoms with E-state index in [-0.39, 0.29) is 59.0 Å². The number of aromatic nitrogens is 1. The molecule has 3 aliphatic rings. The van der Waals surface area contributed by atoms with Gasteiger partial charge in [0.1, 0.15) is 6.04 Å². The molecule has 37 heavy (non-hydrogen) atoms. The first-order valence-corrected chi connectivity index (χ1v) is 13.9. The van der Waals surface area contributed by atoms with Crippen LogP contribution in [0.3, 0.4) is 0 Å². The van der Waals surface area contributed by atoms with Gasteiger partial charge in [0.05, 0.1) is 22.3 Å². The largest absolute Gasteiger partial charge is 0.356 e. The highest BCUT2D eigenvalue weighted by Crippen LogP contribution is 2.65. The second kappa shape index (κ2) is 9.47. The number of thiazole rings is 1. The van der Waals surface area contributed by atoms with Crippen molar-refractivity contribution in [1.82, 2.24) is 20.5 Å². The van der Waals surface area contributed by atoms with Gasteiger partial charge >= 0.3 is 0 Å². The lowest BCUT2D eigenvalue weighted by atomic mass is 9.94. The van der Waals surface area contributed by atoms with Crippen LogP contribution >= 0.6 is 11.3 Å². The van der Waals surface area contributed by atoms with Crippen molar-refractivity contribution in [1.29, 1.82) is 0 Å². The number of carbonyl (C=O) groups excluding carboxylic acids is 4. The molecule has 4 N–H and O–H groups in total. The van der Waals surface area contributed by atoms with Crippen LogP contribution in [0.5, 0.6) is 0 Å². The third-order valence-electron chi connectivity index (χ3n) is 8.58. The molecule has 0 spiro atoms. The number of nitrogens with two attached hydrogens (primary N) is 1. The van der Waals surface area contributed by atoms with Crippen LogP contribution in [0.15, 0.2) is 24.3 Å². The molecule has 3 amide bonds. The van der Waals surface area contributed by atoms with Crippen molar-refractivity contribution in [2.24, 2.45) is 34.8 Å². The lowest BCUT2D eigenvalue weighted by molar-refractivity contribution is -0.142. The number of rotatable bonds is 8. The fourth-order valence-corrected chi connectivity index (χ4v) is 7.02. The van der Waals surface area contributed by atoms with Gasteiger partial charge < -0.3 is 21.3 Å². The number of piperidine rings is 1. The molecule has 1 saturated carbocycles. The molecule has 0 radical (unpaired) electrons. The van der Waals surface area contributed by atoms with E-state index in [1.54, 1.807) is 4.90 Å². The van der Waals surface area contributed by atoms with E-state index in [1.807, 2.05) is 38.1 Å². The maximum absolute atomic E-state index is 13.8. The zero-order valence-electron chi connectivity index (χ0n) is 21.7. The zero-order chi connectivity index (χ0) is 26.6. The number of hydrogen-bond acceptors (Lipinski definition) is 7. The first-order valence-electron chi connectivity index (χ1n) is 13.0. The van der Waals surface area contributed by atoms with Gasteiger partial charge in [-0.25, -0.2) is 4.98 Å². The number of nitrogens with one attached hydrogen (secondary N) is 2. The van der Waals surface area contributed by atoms with Crippen LogP contribution in [0.2, 0.25) is 0 Å². The Labute approximate surface area is 220 Å². The number of nitrogens with zero attached hydrogens (tertiary/aromatic N) is 2. The summed E-state index contributed by atoms with van der Waals surface area (Å²) in [4.78, 5) is 59.2. The number of carbonyl (C=O) groups is 4. The topological polar surface area (TPSA) is 134 Å². The van der Waals surface area contributed by atoms with E-state index in [0.29, 0.717) is 24.5 Å². The van der Waals surface area contributed by atoms with E-state index in [2.05, 4.69) is 29.5 Å². The van der Waals surface area contributed by atoms with E-state index < -0.39 is 18.1 Å². The van der Waals surface area contributed by atoms with Gasteiger partial charge in [0.25, 0.3) is 0 Å².